The van der Waals surface area contributed by atoms with Crippen molar-refractivity contribution in [2.45, 2.75) is 44.8 Å². The third-order valence-electron chi connectivity index (χ3n) is 5.40. The van der Waals surface area contributed by atoms with Crippen LogP contribution in [0.3, 0.4) is 0 Å². The quantitative estimate of drug-likeness (QED) is 0.663. The summed E-state index contributed by atoms with van der Waals surface area (Å²) in [5.74, 6) is 1.02. The largest absolute Gasteiger partial charge is 0.377 e. The first kappa shape index (κ1) is 16.2. The molecule has 126 valence electrons. The Balaban J connectivity index is 1.79. The zero-order chi connectivity index (χ0) is 16.7. The minimum Gasteiger partial charge on any atom is -0.377 e. The molecule has 1 fully saturated rings. The smallest absolute Gasteiger partial charge is 0.0895 e. The third-order valence-corrected chi connectivity index (χ3v) is 6.12. The maximum Gasteiger partial charge on any atom is 0.0895 e. The van der Waals surface area contributed by atoms with Crippen LogP contribution in [0.5, 0.6) is 0 Å². The van der Waals surface area contributed by atoms with E-state index in [1.807, 2.05) is 0 Å². The highest BCUT2D eigenvalue weighted by molar-refractivity contribution is 9.10. The number of ether oxygens (including phenoxy) is 1. The molecule has 0 amide bonds. The topological polar surface area (TPSA) is 21.3 Å². The fourth-order valence-electron chi connectivity index (χ4n) is 4.08. The molecule has 0 bridgehead atoms. The van der Waals surface area contributed by atoms with Gasteiger partial charge in [0.2, 0.25) is 0 Å². The number of anilines is 1. The summed E-state index contributed by atoms with van der Waals surface area (Å²) in [4.78, 5) is 0. The lowest BCUT2D eigenvalue weighted by molar-refractivity contribution is -0.0382. The highest BCUT2D eigenvalue weighted by atomic mass is 79.9. The van der Waals surface area contributed by atoms with E-state index in [2.05, 4.69) is 77.6 Å². The Morgan fingerprint density at radius 1 is 1.12 bits per heavy atom. The van der Waals surface area contributed by atoms with E-state index in [0.29, 0.717) is 17.9 Å². The number of rotatable bonds is 2. The van der Waals surface area contributed by atoms with Crippen LogP contribution in [-0.2, 0) is 4.74 Å². The molecule has 24 heavy (non-hydrogen) atoms. The van der Waals surface area contributed by atoms with Gasteiger partial charge in [0.15, 0.2) is 0 Å². The number of hydrogen-bond acceptors (Lipinski definition) is 2. The first-order valence-corrected chi connectivity index (χ1v) is 9.71. The van der Waals surface area contributed by atoms with Crippen LogP contribution in [0.2, 0.25) is 0 Å². The summed E-state index contributed by atoms with van der Waals surface area (Å²) in [6.07, 6.45) is 2.55. The predicted molar refractivity (Wildman–Crippen MR) is 102 cm³/mol. The Morgan fingerprint density at radius 3 is 2.75 bits per heavy atom. The molecule has 0 aromatic heterocycles. The maximum absolute atomic E-state index is 6.28. The molecule has 3 atom stereocenters. The zero-order valence-electron chi connectivity index (χ0n) is 14.3. The Hall–Kier alpha value is -1.32. The third kappa shape index (κ3) is 2.78. The second-order valence-corrected chi connectivity index (χ2v) is 8.10. The fraction of sp³-hybridized carbons (Fsp3) is 0.429. The van der Waals surface area contributed by atoms with E-state index >= 15 is 0 Å². The highest BCUT2D eigenvalue weighted by Crippen LogP contribution is 2.50. The number of hydrogen-bond donors (Lipinski definition) is 1. The van der Waals surface area contributed by atoms with Gasteiger partial charge in [-0.15, -0.1) is 0 Å². The lowest BCUT2D eigenvalue weighted by atomic mass is 9.77. The summed E-state index contributed by atoms with van der Waals surface area (Å²) in [6, 6.07) is 15.7. The van der Waals surface area contributed by atoms with Crippen molar-refractivity contribution in [3.63, 3.8) is 0 Å². The van der Waals surface area contributed by atoms with Crippen LogP contribution in [0.4, 0.5) is 5.69 Å². The molecule has 0 radical (unpaired) electrons. The number of nitrogens with one attached hydrogen (secondary N) is 1. The standard InChI is InChI=1S/C21H24BrNO/c1-13(2)14-9-10-19-17(12-14)21-16(7-5-11-24-21)20(23-19)15-6-3-4-8-18(15)22/h3-4,6,8-10,12-13,16,20-21,23H,5,7,11H2,1-2H3/t16-,20-,21-/m0/s1. The van der Waals surface area contributed by atoms with E-state index in [1.165, 1.54) is 33.3 Å². The molecule has 3 heteroatoms. The summed E-state index contributed by atoms with van der Waals surface area (Å²) in [5.41, 5.74) is 5.29. The molecule has 2 nitrogen and oxygen atoms in total. The van der Waals surface area contributed by atoms with Gasteiger partial charge in [-0.25, -0.2) is 0 Å². The van der Waals surface area contributed by atoms with E-state index in [9.17, 15) is 0 Å². The summed E-state index contributed by atoms with van der Waals surface area (Å²) >= 11 is 3.74. The van der Waals surface area contributed by atoms with Gasteiger partial charge in [0.25, 0.3) is 0 Å². The molecule has 0 aliphatic carbocycles. The average Bonchev–Trinajstić information content (AvgIpc) is 2.61. The van der Waals surface area contributed by atoms with Crippen LogP contribution in [-0.4, -0.2) is 6.61 Å². The SMILES string of the molecule is CC(C)c1ccc2c(c1)[C@H]1OCCC[C@H]1[C@H](c1ccccc1Br)N2. The van der Waals surface area contributed by atoms with Crippen molar-refractivity contribution < 1.29 is 4.74 Å². The van der Waals surface area contributed by atoms with Gasteiger partial charge in [0.05, 0.1) is 12.1 Å². The first-order chi connectivity index (χ1) is 11.6. The summed E-state index contributed by atoms with van der Waals surface area (Å²) in [7, 11) is 0. The van der Waals surface area contributed by atoms with Crippen LogP contribution in [0.1, 0.15) is 61.4 Å². The van der Waals surface area contributed by atoms with Gasteiger partial charge < -0.3 is 10.1 Å². The van der Waals surface area contributed by atoms with Crippen LogP contribution in [0.15, 0.2) is 46.9 Å². The number of fused-ring (bicyclic) bond motifs is 3. The van der Waals surface area contributed by atoms with Gasteiger partial charge in [-0.3, -0.25) is 0 Å². The molecule has 2 aliphatic heterocycles. The van der Waals surface area contributed by atoms with E-state index in [1.54, 1.807) is 0 Å². The molecule has 0 unspecified atom stereocenters. The summed E-state index contributed by atoms with van der Waals surface area (Å²) in [6.45, 7) is 5.37. The fourth-order valence-corrected chi connectivity index (χ4v) is 4.62. The molecular weight excluding hydrogens is 362 g/mol. The van der Waals surface area contributed by atoms with Crippen LogP contribution in [0, 0.1) is 5.92 Å². The van der Waals surface area contributed by atoms with E-state index in [4.69, 9.17) is 4.74 Å². The zero-order valence-corrected chi connectivity index (χ0v) is 15.8. The van der Waals surface area contributed by atoms with Crippen molar-refractivity contribution in [2.24, 2.45) is 5.92 Å². The van der Waals surface area contributed by atoms with Crippen molar-refractivity contribution in [1.29, 1.82) is 0 Å². The van der Waals surface area contributed by atoms with Gasteiger partial charge in [-0.05, 0) is 42.0 Å². The van der Waals surface area contributed by atoms with Crippen molar-refractivity contribution in [3.8, 4) is 0 Å². The highest BCUT2D eigenvalue weighted by Gasteiger charge is 2.40. The molecule has 1 saturated heterocycles. The molecule has 0 spiro atoms. The van der Waals surface area contributed by atoms with Gasteiger partial charge >= 0.3 is 0 Å². The molecular formula is C21H24BrNO. The molecule has 1 N–H and O–H groups in total. The number of halogens is 1. The molecule has 2 heterocycles. The van der Waals surface area contributed by atoms with Gasteiger partial charge in [0.1, 0.15) is 0 Å². The van der Waals surface area contributed by atoms with Crippen molar-refractivity contribution in [2.75, 3.05) is 11.9 Å². The molecule has 2 aromatic carbocycles. The van der Waals surface area contributed by atoms with Gasteiger partial charge in [-0.2, -0.15) is 0 Å². The lowest BCUT2D eigenvalue weighted by Gasteiger charge is -2.44. The second-order valence-electron chi connectivity index (χ2n) is 7.24. The average molecular weight is 386 g/mol. The molecule has 0 saturated carbocycles. The predicted octanol–water partition coefficient (Wildman–Crippen LogP) is 6.21. The number of benzene rings is 2. The van der Waals surface area contributed by atoms with Crippen molar-refractivity contribution >= 4 is 21.6 Å². The Labute approximate surface area is 152 Å². The maximum atomic E-state index is 6.28. The Kier molecular flexibility index (Phi) is 4.40. The molecule has 2 aliphatic rings. The van der Waals surface area contributed by atoms with Crippen LogP contribution < -0.4 is 5.32 Å². The second kappa shape index (κ2) is 6.53. The summed E-state index contributed by atoms with van der Waals surface area (Å²) < 4.78 is 7.45. The van der Waals surface area contributed by atoms with E-state index in [-0.39, 0.29) is 6.10 Å². The minimum atomic E-state index is 0.200. The lowest BCUT2D eigenvalue weighted by Crippen LogP contribution is -2.36. The van der Waals surface area contributed by atoms with Crippen molar-refractivity contribution in [3.05, 3.63) is 63.6 Å². The summed E-state index contributed by atoms with van der Waals surface area (Å²) in [5, 5.41) is 3.81. The normalized spacial score (nSPS) is 25.8. The van der Waals surface area contributed by atoms with Crippen LogP contribution >= 0.6 is 15.9 Å². The molecule has 2 aromatic rings. The first-order valence-electron chi connectivity index (χ1n) is 8.91. The monoisotopic (exact) mass is 385 g/mol. The van der Waals surface area contributed by atoms with Gasteiger partial charge in [-0.1, -0.05) is 60.1 Å². The Bertz CT molecular complexity index is 742. The Morgan fingerprint density at radius 2 is 1.96 bits per heavy atom. The van der Waals surface area contributed by atoms with Crippen molar-refractivity contribution in [1.82, 2.24) is 0 Å². The van der Waals surface area contributed by atoms with Gasteiger partial charge in [0, 0.05) is 28.2 Å². The van der Waals surface area contributed by atoms with E-state index < -0.39 is 0 Å². The van der Waals surface area contributed by atoms with Crippen LogP contribution in [0.25, 0.3) is 0 Å². The minimum absolute atomic E-state index is 0.200. The molecule has 4 rings (SSSR count). The van der Waals surface area contributed by atoms with E-state index in [0.717, 1.165) is 13.0 Å².